The first kappa shape index (κ1) is 33.4. The summed E-state index contributed by atoms with van der Waals surface area (Å²) < 4.78 is 88.7. The second-order valence-electron chi connectivity index (χ2n) is 12.3. The Labute approximate surface area is 262 Å². The van der Waals surface area contributed by atoms with Gasteiger partial charge in [-0.15, -0.1) is 0 Å². The van der Waals surface area contributed by atoms with E-state index >= 15 is 0 Å². The fourth-order valence-corrected chi connectivity index (χ4v) is 9.86. The highest BCUT2D eigenvalue weighted by Crippen LogP contribution is 2.62. The highest BCUT2D eigenvalue weighted by Gasteiger charge is 2.63. The number of halogens is 4. The lowest BCUT2D eigenvalue weighted by molar-refractivity contribution is -0.201. The van der Waals surface area contributed by atoms with Crippen LogP contribution < -0.4 is 0 Å². The van der Waals surface area contributed by atoms with Crippen LogP contribution in [0.1, 0.15) is 44.9 Å². The molecule has 6 nitrogen and oxygen atoms in total. The molecule has 4 saturated carbocycles. The minimum absolute atomic E-state index is 0.0146. The molecule has 4 aliphatic carbocycles. The number of aliphatic hydroxyl groups is 1. The lowest BCUT2D eigenvalue weighted by Gasteiger charge is -2.58. The van der Waals surface area contributed by atoms with Gasteiger partial charge in [0.2, 0.25) is 0 Å². The van der Waals surface area contributed by atoms with Crippen LogP contribution in [0.15, 0.2) is 106 Å². The number of hydrogen-bond acceptors (Lipinski definition) is 6. The van der Waals surface area contributed by atoms with Gasteiger partial charge in [0.15, 0.2) is 24.8 Å². The first-order chi connectivity index (χ1) is 21.1. The van der Waals surface area contributed by atoms with Crippen molar-refractivity contribution in [2.45, 2.75) is 76.4 Å². The van der Waals surface area contributed by atoms with Gasteiger partial charge in [0, 0.05) is 0 Å². The molecule has 3 aromatic carbocycles. The molecular weight excluding hydrogens is 632 g/mol. The molecule has 0 saturated heterocycles. The standard InChI is InChI=1S/C18H15S.C15H20F4O6S/c1-4-10-16(11-5-1)19(17-12-6-2-7-13-17)18-14-8-3-9-15-18;16-14(17,15(18,19)26(22,23)24)1-2-25-11(20)12-4-9-3-10(5-12)7-13(21,6-9)8-12/h1-15H;9-10,21H,1-8H2,(H,22,23,24)/q+1;/p-1. The molecule has 0 amide bonds. The van der Waals surface area contributed by atoms with Crippen molar-refractivity contribution in [2.24, 2.45) is 17.3 Å². The summed E-state index contributed by atoms with van der Waals surface area (Å²) in [4.78, 5) is 16.5. The lowest BCUT2D eigenvalue weighted by atomic mass is 9.48. The van der Waals surface area contributed by atoms with Crippen molar-refractivity contribution in [3.05, 3.63) is 91.0 Å². The molecule has 0 spiro atoms. The summed E-state index contributed by atoms with van der Waals surface area (Å²) >= 11 is 0. The zero-order chi connectivity index (χ0) is 32.5. The Hall–Kier alpha value is -2.93. The van der Waals surface area contributed by atoms with E-state index in [1.807, 2.05) is 0 Å². The van der Waals surface area contributed by atoms with Gasteiger partial charge in [0.1, 0.15) is 0 Å². The van der Waals surface area contributed by atoms with Crippen molar-refractivity contribution in [2.75, 3.05) is 6.61 Å². The van der Waals surface area contributed by atoms with E-state index in [9.17, 15) is 40.4 Å². The number of carbonyl (C=O) groups excluding carboxylic acids is 1. The van der Waals surface area contributed by atoms with Crippen molar-refractivity contribution in [1.29, 1.82) is 0 Å². The Morgan fingerprint density at radius 3 is 1.62 bits per heavy atom. The first-order valence-electron chi connectivity index (χ1n) is 14.6. The molecule has 2 atom stereocenters. The number of rotatable bonds is 9. The molecule has 0 aromatic heterocycles. The van der Waals surface area contributed by atoms with E-state index in [4.69, 9.17) is 4.74 Å². The minimum atomic E-state index is -6.56. The van der Waals surface area contributed by atoms with Crippen molar-refractivity contribution in [3.63, 3.8) is 0 Å². The molecule has 4 fully saturated rings. The Morgan fingerprint density at radius 1 is 0.822 bits per heavy atom. The maximum atomic E-state index is 13.4. The van der Waals surface area contributed by atoms with Crippen LogP contribution in [-0.2, 0) is 30.5 Å². The number of hydrogen-bond donors (Lipinski definition) is 1. The van der Waals surface area contributed by atoms with Gasteiger partial charge in [-0.1, -0.05) is 54.6 Å². The lowest BCUT2D eigenvalue weighted by Crippen LogP contribution is -2.58. The van der Waals surface area contributed by atoms with E-state index in [-0.39, 0.29) is 29.2 Å². The van der Waals surface area contributed by atoms with Crippen molar-refractivity contribution in [1.82, 2.24) is 0 Å². The van der Waals surface area contributed by atoms with E-state index in [1.165, 1.54) is 14.7 Å². The second-order valence-corrected chi connectivity index (χ2v) is 15.7. The van der Waals surface area contributed by atoms with Crippen LogP contribution in [0.3, 0.4) is 0 Å². The van der Waals surface area contributed by atoms with Gasteiger partial charge in [-0.25, -0.2) is 8.42 Å². The summed E-state index contributed by atoms with van der Waals surface area (Å²) in [6.45, 7) is -1.15. The molecule has 7 rings (SSSR count). The minimum Gasteiger partial charge on any atom is -0.743 e. The predicted molar refractivity (Wildman–Crippen MR) is 159 cm³/mol. The smallest absolute Gasteiger partial charge is 0.396 e. The Balaban J connectivity index is 0.000000186. The van der Waals surface area contributed by atoms with E-state index in [0.717, 1.165) is 6.42 Å². The van der Waals surface area contributed by atoms with E-state index in [1.54, 1.807) is 0 Å². The Bertz CT molecular complexity index is 1460. The largest absolute Gasteiger partial charge is 0.743 e. The van der Waals surface area contributed by atoms with Gasteiger partial charge in [-0.3, -0.25) is 4.79 Å². The summed E-state index contributed by atoms with van der Waals surface area (Å²) in [5.41, 5.74) is -2.00. The molecule has 4 bridgehead atoms. The number of ether oxygens (including phenoxy) is 1. The van der Waals surface area contributed by atoms with Gasteiger partial charge < -0.3 is 14.4 Å². The highest BCUT2D eigenvalue weighted by molar-refractivity contribution is 7.97. The Kier molecular flexibility index (Phi) is 9.43. The van der Waals surface area contributed by atoms with Crippen LogP contribution in [0.5, 0.6) is 0 Å². The number of esters is 1. The number of benzene rings is 3. The number of alkyl halides is 4. The van der Waals surface area contributed by atoms with Crippen LogP contribution in [0.4, 0.5) is 17.6 Å². The third kappa shape index (κ3) is 7.08. The third-order valence-corrected chi connectivity index (χ3v) is 11.9. The predicted octanol–water partition coefficient (Wildman–Crippen LogP) is 6.81. The van der Waals surface area contributed by atoms with Gasteiger partial charge in [0.25, 0.3) is 0 Å². The quantitative estimate of drug-likeness (QED) is 0.117. The second kappa shape index (κ2) is 12.7. The van der Waals surface area contributed by atoms with Crippen molar-refractivity contribution >= 4 is 27.0 Å². The van der Waals surface area contributed by atoms with Crippen LogP contribution in [0.25, 0.3) is 0 Å². The monoisotopic (exact) mass is 666 g/mol. The van der Waals surface area contributed by atoms with Gasteiger partial charge in [-0.2, -0.15) is 17.6 Å². The Morgan fingerprint density at radius 2 is 1.24 bits per heavy atom. The SMILES string of the molecule is O=C(OCCC(F)(F)C(F)(F)S(=O)(=O)[O-])C12CC3CC(CC(O)(C3)C1)C2.c1ccc([S+](c2ccccc2)c2ccccc2)cc1. The molecule has 4 aliphatic rings. The average Bonchev–Trinajstić information content (AvgIpc) is 2.97. The van der Waals surface area contributed by atoms with E-state index in [0.29, 0.717) is 25.7 Å². The summed E-state index contributed by atoms with van der Waals surface area (Å²) in [5.74, 6) is -5.74. The van der Waals surface area contributed by atoms with Crippen LogP contribution >= 0.6 is 0 Å². The zero-order valence-electron chi connectivity index (χ0n) is 24.3. The maximum absolute atomic E-state index is 13.4. The molecule has 0 heterocycles. The molecule has 0 radical (unpaired) electrons. The summed E-state index contributed by atoms with van der Waals surface area (Å²) in [5, 5.41) is 4.75. The van der Waals surface area contributed by atoms with Crippen LogP contribution in [0.2, 0.25) is 0 Å². The topological polar surface area (TPSA) is 104 Å². The molecule has 3 aromatic rings. The number of carbonyl (C=O) groups is 1. The van der Waals surface area contributed by atoms with Crippen molar-refractivity contribution < 1.29 is 45.2 Å². The zero-order valence-corrected chi connectivity index (χ0v) is 25.9. The molecular formula is C33H34F4O6S2. The van der Waals surface area contributed by atoms with Crippen molar-refractivity contribution in [3.8, 4) is 0 Å². The van der Waals surface area contributed by atoms with Crippen LogP contribution in [-0.4, -0.2) is 47.4 Å². The van der Waals surface area contributed by atoms with E-state index in [2.05, 4.69) is 91.0 Å². The van der Waals surface area contributed by atoms with Gasteiger partial charge >= 0.3 is 17.1 Å². The summed E-state index contributed by atoms with van der Waals surface area (Å²) in [6, 6.07) is 32.2. The molecule has 1 N–H and O–H groups in total. The first-order valence-corrected chi connectivity index (χ1v) is 17.3. The maximum Gasteiger partial charge on any atom is 0.396 e. The molecule has 0 aliphatic heterocycles. The molecule has 12 heteroatoms. The summed E-state index contributed by atoms with van der Waals surface area (Å²) in [7, 11) is -6.58. The highest BCUT2D eigenvalue weighted by atomic mass is 32.2. The van der Waals surface area contributed by atoms with Crippen LogP contribution in [0, 0.1) is 17.3 Å². The molecule has 242 valence electrons. The fraction of sp³-hybridized carbons (Fsp3) is 0.424. The molecule has 45 heavy (non-hydrogen) atoms. The fourth-order valence-electron chi connectivity index (χ4n) is 7.28. The van der Waals surface area contributed by atoms with Gasteiger partial charge in [0.05, 0.1) is 34.9 Å². The van der Waals surface area contributed by atoms with Gasteiger partial charge in [-0.05, 0) is 86.8 Å². The normalized spacial score (nSPS) is 25.8. The van der Waals surface area contributed by atoms with E-state index < -0.39 is 51.3 Å². The average molecular weight is 667 g/mol. The summed E-state index contributed by atoms with van der Waals surface area (Å²) in [6.07, 6.45) is 1.28. The third-order valence-electron chi connectivity index (χ3n) is 8.79. The molecule has 2 unspecified atom stereocenters.